The first-order chi connectivity index (χ1) is 10.7. The van der Waals surface area contributed by atoms with E-state index in [0.717, 1.165) is 30.0 Å². The molecule has 0 bridgehead atoms. The molecule has 2 amide bonds. The summed E-state index contributed by atoms with van der Waals surface area (Å²) >= 11 is 0. The van der Waals surface area contributed by atoms with Gasteiger partial charge < -0.3 is 15.4 Å². The largest absolute Gasteiger partial charge is 0.494 e. The molecule has 0 heterocycles. The molecule has 0 radical (unpaired) electrons. The molecule has 0 aliphatic heterocycles. The Kier molecular flexibility index (Phi) is 5.83. The highest BCUT2D eigenvalue weighted by Crippen LogP contribution is 2.17. The molecule has 0 unspecified atom stereocenters. The van der Waals surface area contributed by atoms with Crippen LogP contribution in [0.2, 0.25) is 0 Å². The molecular formula is C18H22N2O2. The van der Waals surface area contributed by atoms with Gasteiger partial charge in [-0.15, -0.1) is 0 Å². The molecule has 0 aliphatic rings. The van der Waals surface area contributed by atoms with Crippen LogP contribution >= 0.6 is 0 Å². The van der Waals surface area contributed by atoms with Gasteiger partial charge in [-0.05, 0) is 54.8 Å². The second kappa shape index (κ2) is 8.08. The lowest BCUT2D eigenvalue weighted by molar-refractivity contribution is 0.262. The number of carbonyl (C=O) groups is 1. The second-order valence-electron chi connectivity index (χ2n) is 5.01. The van der Waals surface area contributed by atoms with Crippen molar-refractivity contribution < 1.29 is 9.53 Å². The molecule has 22 heavy (non-hydrogen) atoms. The summed E-state index contributed by atoms with van der Waals surface area (Å²) < 4.78 is 5.51. The lowest BCUT2D eigenvalue weighted by Crippen LogP contribution is -2.19. The Bertz CT molecular complexity index is 609. The van der Waals surface area contributed by atoms with Gasteiger partial charge in [0, 0.05) is 11.4 Å². The minimum atomic E-state index is -0.254. The fourth-order valence-corrected chi connectivity index (χ4v) is 2.02. The molecule has 4 heteroatoms. The molecule has 2 aromatic carbocycles. The molecule has 2 N–H and O–H groups in total. The summed E-state index contributed by atoms with van der Waals surface area (Å²) in [5, 5.41) is 5.64. The topological polar surface area (TPSA) is 50.4 Å². The molecule has 116 valence electrons. The maximum Gasteiger partial charge on any atom is 0.323 e. The van der Waals surface area contributed by atoms with Crippen molar-refractivity contribution in [3.8, 4) is 5.75 Å². The van der Waals surface area contributed by atoms with E-state index in [9.17, 15) is 4.79 Å². The number of nitrogens with one attached hydrogen (secondary N) is 2. The first kappa shape index (κ1) is 15.9. The average Bonchev–Trinajstić information content (AvgIpc) is 2.54. The van der Waals surface area contributed by atoms with Crippen LogP contribution in [-0.4, -0.2) is 12.6 Å². The van der Waals surface area contributed by atoms with Gasteiger partial charge in [-0.1, -0.05) is 26.0 Å². The number of urea groups is 1. The van der Waals surface area contributed by atoms with Crippen LogP contribution in [0.1, 0.15) is 25.8 Å². The van der Waals surface area contributed by atoms with Gasteiger partial charge in [0.1, 0.15) is 5.75 Å². The van der Waals surface area contributed by atoms with E-state index in [-0.39, 0.29) is 6.03 Å². The van der Waals surface area contributed by atoms with Crippen molar-refractivity contribution in [2.75, 3.05) is 17.2 Å². The van der Waals surface area contributed by atoms with Crippen molar-refractivity contribution in [3.05, 3.63) is 54.1 Å². The van der Waals surface area contributed by atoms with Crippen LogP contribution in [0.5, 0.6) is 5.75 Å². The van der Waals surface area contributed by atoms with Crippen molar-refractivity contribution in [3.63, 3.8) is 0 Å². The molecule has 4 nitrogen and oxygen atoms in total. The monoisotopic (exact) mass is 298 g/mol. The van der Waals surface area contributed by atoms with Crippen LogP contribution in [0.25, 0.3) is 0 Å². The summed E-state index contributed by atoms with van der Waals surface area (Å²) in [4.78, 5) is 12.0. The lowest BCUT2D eigenvalue weighted by atomic mass is 10.1. The Morgan fingerprint density at radius 1 is 1.00 bits per heavy atom. The molecule has 0 fully saturated rings. The van der Waals surface area contributed by atoms with E-state index >= 15 is 0 Å². The number of hydrogen-bond acceptors (Lipinski definition) is 2. The van der Waals surface area contributed by atoms with Gasteiger partial charge in [-0.25, -0.2) is 4.79 Å². The van der Waals surface area contributed by atoms with E-state index in [1.165, 1.54) is 5.56 Å². The molecule has 0 atom stereocenters. The number of rotatable bonds is 6. The van der Waals surface area contributed by atoms with Gasteiger partial charge in [0.15, 0.2) is 0 Å². The van der Waals surface area contributed by atoms with E-state index in [4.69, 9.17) is 4.74 Å². The zero-order valence-electron chi connectivity index (χ0n) is 13.1. The highest BCUT2D eigenvalue weighted by atomic mass is 16.5. The SMILES string of the molecule is CCCOc1ccc(NC(=O)Nc2cccc(CC)c2)cc1. The Morgan fingerprint density at radius 3 is 2.41 bits per heavy atom. The number of amides is 2. The van der Waals surface area contributed by atoms with Crippen molar-refractivity contribution in [1.82, 2.24) is 0 Å². The molecule has 2 aromatic rings. The maximum atomic E-state index is 12.0. The van der Waals surface area contributed by atoms with Crippen LogP contribution in [-0.2, 0) is 6.42 Å². The molecule has 0 aliphatic carbocycles. The molecule has 0 spiro atoms. The van der Waals surface area contributed by atoms with Crippen LogP contribution in [0.15, 0.2) is 48.5 Å². The van der Waals surface area contributed by atoms with Crippen LogP contribution in [0.3, 0.4) is 0 Å². The number of anilines is 2. The summed E-state index contributed by atoms with van der Waals surface area (Å²) in [7, 11) is 0. The predicted octanol–water partition coefficient (Wildman–Crippen LogP) is 4.68. The average molecular weight is 298 g/mol. The molecule has 0 saturated heterocycles. The maximum absolute atomic E-state index is 12.0. The van der Waals surface area contributed by atoms with Crippen LogP contribution < -0.4 is 15.4 Å². The molecule has 2 rings (SSSR count). The van der Waals surface area contributed by atoms with Crippen LogP contribution in [0, 0.1) is 0 Å². The first-order valence-electron chi connectivity index (χ1n) is 7.61. The Hall–Kier alpha value is -2.49. The molecular weight excluding hydrogens is 276 g/mol. The van der Waals surface area contributed by atoms with E-state index in [1.807, 2.05) is 48.5 Å². The number of benzene rings is 2. The third-order valence-corrected chi connectivity index (χ3v) is 3.18. The third-order valence-electron chi connectivity index (χ3n) is 3.18. The highest BCUT2D eigenvalue weighted by molar-refractivity contribution is 5.99. The van der Waals surface area contributed by atoms with Crippen molar-refractivity contribution >= 4 is 17.4 Å². The number of hydrogen-bond donors (Lipinski definition) is 2. The Balaban J connectivity index is 1.91. The third kappa shape index (κ3) is 4.81. The van der Waals surface area contributed by atoms with Crippen LogP contribution in [0.4, 0.5) is 16.2 Å². The zero-order valence-corrected chi connectivity index (χ0v) is 13.1. The fourth-order valence-electron chi connectivity index (χ4n) is 2.02. The minimum Gasteiger partial charge on any atom is -0.494 e. The zero-order chi connectivity index (χ0) is 15.8. The lowest BCUT2D eigenvalue weighted by Gasteiger charge is -2.09. The van der Waals surface area contributed by atoms with Gasteiger partial charge in [-0.2, -0.15) is 0 Å². The Morgan fingerprint density at radius 2 is 1.73 bits per heavy atom. The van der Waals surface area contributed by atoms with Gasteiger partial charge in [0.25, 0.3) is 0 Å². The normalized spacial score (nSPS) is 10.1. The highest BCUT2D eigenvalue weighted by Gasteiger charge is 2.03. The molecule has 0 aromatic heterocycles. The van der Waals surface area contributed by atoms with Crippen molar-refractivity contribution in [1.29, 1.82) is 0 Å². The predicted molar refractivity (Wildman–Crippen MR) is 90.7 cm³/mol. The van der Waals surface area contributed by atoms with E-state index < -0.39 is 0 Å². The van der Waals surface area contributed by atoms with Gasteiger partial charge in [0.05, 0.1) is 6.61 Å². The number of carbonyl (C=O) groups excluding carboxylic acids is 1. The summed E-state index contributed by atoms with van der Waals surface area (Å²) in [5.41, 5.74) is 2.71. The summed E-state index contributed by atoms with van der Waals surface area (Å²) in [6.07, 6.45) is 1.91. The van der Waals surface area contributed by atoms with Gasteiger partial charge >= 0.3 is 6.03 Å². The number of aryl methyl sites for hydroxylation is 1. The summed E-state index contributed by atoms with van der Waals surface area (Å²) in [6, 6.07) is 14.9. The standard InChI is InChI=1S/C18H22N2O2/c1-3-12-22-17-10-8-15(9-11-17)19-18(21)20-16-7-5-6-14(4-2)13-16/h5-11,13H,3-4,12H2,1-2H3,(H2,19,20,21). The van der Waals surface area contributed by atoms with E-state index in [0.29, 0.717) is 6.61 Å². The van der Waals surface area contributed by atoms with E-state index in [2.05, 4.69) is 24.5 Å². The quantitative estimate of drug-likeness (QED) is 0.813. The van der Waals surface area contributed by atoms with Crippen molar-refractivity contribution in [2.45, 2.75) is 26.7 Å². The summed E-state index contributed by atoms with van der Waals surface area (Å²) in [5.74, 6) is 0.809. The minimum absolute atomic E-state index is 0.254. The van der Waals surface area contributed by atoms with Crippen molar-refractivity contribution in [2.24, 2.45) is 0 Å². The smallest absolute Gasteiger partial charge is 0.323 e. The fraction of sp³-hybridized carbons (Fsp3) is 0.278. The van der Waals surface area contributed by atoms with Gasteiger partial charge in [0.2, 0.25) is 0 Å². The summed E-state index contributed by atoms with van der Waals surface area (Å²) in [6.45, 7) is 4.84. The first-order valence-corrected chi connectivity index (χ1v) is 7.61. The van der Waals surface area contributed by atoms with Gasteiger partial charge in [-0.3, -0.25) is 0 Å². The Labute approximate surface area is 131 Å². The molecule has 0 saturated carbocycles. The van der Waals surface area contributed by atoms with E-state index in [1.54, 1.807) is 0 Å². The number of ether oxygens (including phenoxy) is 1. The second-order valence-corrected chi connectivity index (χ2v) is 5.01.